The number of halogens is 3. The van der Waals surface area contributed by atoms with E-state index in [-0.39, 0.29) is 11.3 Å². The van der Waals surface area contributed by atoms with Gasteiger partial charge in [-0.1, -0.05) is 11.1 Å². The Kier molecular flexibility index (Phi) is 3.76. The van der Waals surface area contributed by atoms with Gasteiger partial charge < -0.3 is 15.0 Å². The summed E-state index contributed by atoms with van der Waals surface area (Å²) in [7, 11) is 0. The predicted octanol–water partition coefficient (Wildman–Crippen LogP) is 1.55. The van der Waals surface area contributed by atoms with Gasteiger partial charge in [-0.3, -0.25) is 4.21 Å². The van der Waals surface area contributed by atoms with Crippen LogP contribution in [-0.2, 0) is 16.8 Å². The van der Waals surface area contributed by atoms with Crippen molar-refractivity contribution in [3.63, 3.8) is 0 Å². The minimum absolute atomic E-state index is 0.134. The predicted molar refractivity (Wildman–Crippen MR) is 50.2 cm³/mol. The van der Waals surface area contributed by atoms with Gasteiger partial charge in [-0.15, -0.1) is 13.2 Å². The molecule has 2 N–H and O–H groups in total. The van der Waals surface area contributed by atoms with Crippen molar-refractivity contribution in [2.45, 2.75) is 12.1 Å². The molecule has 1 unspecified atom stereocenters. The Morgan fingerprint density at radius 3 is 2.56 bits per heavy atom. The quantitative estimate of drug-likeness (QED) is 0.655. The van der Waals surface area contributed by atoms with Gasteiger partial charge in [-0.05, 0) is 18.2 Å². The summed E-state index contributed by atoms with van der Waals surface area (Å²) in [5, 5.41) is 0. The van der Waals surface area contributed by atoms with Crippen molar-refractivity contribution in [2.24, 2.45) is 0 Å². The maximum atomic E-state index is 12.0. The highest BCUT2D eigenvalue weighted by Gasteiger charge is 2.32. The number of rotatable bonds is 3. The Morgan fingerprint density at radius 2 is 2.06 bits per heavy atom. The molecule has 0 amide bonds. The molecule has 0 bridgehead atoms. The highest BCUT2D eigenvalue weighted by molar-refractivity contribution is 7.78. The van der Waals surface area contributed by atoms with Crippen LogP contribution < -0.4 is 10.5 Å². The molecule has 0 saturated heterocycles. The molecule has 0 aromatic heterocycles. The first kappa shape index (κ1) is 12.8. The summed E-state index contributed by atoms with van der Waals surface area (Å²) in [5.74, 6) is -1.15. The third kappa shape index (κ3) is 4.07. The lowest BCUT2D eigenvalue weighted by molar-refractivity contribution is -0.274. The highest BCUT2D eigenvalue weighted by Crippen LogP contribution is 2.28. The Labute approximate surface area is 91.5 Å². The number of nitrogens with two attached hydrogens (primary N) is 1. The number of benzene rings is 1. The molecule has 16 heavy (non-hydrogen) atoms. The number of alkyl halides is 3. The van der Waals surface area contributed by atoms with Gasteiger partial charge in [0.2, 0.25) is 0 Å². The van der Waals surface area contributed by atoms with Gasteiger partial charge in [0.05, 0.1) is 0 Å². The summed E-state index contributed by atoms with van der Waals surface area (Å²) in [6, 6.07) is 3.29. The molecule has 90 valence electrons. The molecule has 0 heterocycles. The molecule has 0 aliphatic heterocycles. The third-order valence-electron chi connectivity index (χ3n) is 1.58. The van der Waals surface area contributed by atoms with Crippen LogP contribution in [0.4, 0.5) is 18.9 Å². The average Bonchev–Trinajstić information content (AvgIpc) is 2.06. The first-order valence-corrected chi connectivity index (χ1v) is 5.22. The van der Waals surface area contributed by atoms with Crippen molar-refractivity contribution in [1.29, 1.82) is 0 Å². The van der Waals surface area contributed by atoms with E-state index in [9.17, 15) is 21.9 Å². The van der Waals surface area contributed by atoms with Gasteiger partial charge in [0.25, 0.3) is 0 Å². The van der Waals surface area contributed by atoms with E-state index in [0.29, 0.717) is 0 Å². The Hall–Kier alpha value is -1.28. The number of anilines is 1. The second-order valence-electron chi connectivity index (χ2n) is 2.86. The van der Waals surface area contributed by atoms with Gasteiger partial charge in [-0.2, -0.15) is 0 Å². The maximum Gasteiger partial charge on any atom is 0.573 e. The average molecular weight is 254 g/mol. The smallest absolute Gasteiger partial charge is 0.573 e. The summed E-state index contributed by atoms with van der Waals surface area (Å²) in [5.41, 5.74) is 5.36. The Balaban J connectivity index is 3.02. The standard InChI is InChI=1S/C8H8F3NO3S/c9-8(10,11)15-7-2-1-6(12)3-5(7)4-16(13)14/h1-3H,4,12H2,(H,13,14)/p-1. The summed E-state index contributed by atoms with van der Waals surface area (Å²) < 4.78 is 60.4. The largest absolute Gasteiger partial charge is 0.772 e. The molecular weight excluding hydrogens is 247 g/mol. The maximum absolute atomic E-state index is 12.0. The molecule has 0 spiro atoms. The molecule has 1 aromatic rings. The van der Waals surface area contributed by atoms with Crippen molar-refractivity contribution in [3.8, 4) is 5.75 Å². The van der Waals surface area contributed by atoms with Crippen LogP contribution in [0.25, 0.3) is 0 Å². The van der Waals surface area contributed by atoms with Gasteiger partial charge >= 0.3 is 6.36 Å². The molecule has 1 atom stereocenters. The zero-order chi connectivity index (χ0) is 12.3. The van der Waals surface area contributed by atoms with Crippen molar-refractivity contribution in [1.82, 2.24) is 0 Å². The first-order chi connectivity index (χ1) is 7.28. The lowest BCUT2D eigenvalue weighted by Crippen LogP contribution is -2.18. The second kappa shape index (κ2) is 4.71. The third-order valence-corrected chi connectivity index (χ3v) is 2.13. The molecule has 1 aromatic carbocycles. The topological polar surface area (TPSA) is 75.4 Å². The van der Waals surface area contributed by atoms with Crippen molar-refractivity contribution in [2.75, 3.05) is 5.73 Å². The molecule has 0 saturated carbocycles. The summed E-state index contributed by atoms with van der Waals surface area (Å²) in [4.78, 5) is 0. The molecular formula is C8H7F3NO3S-. The molecule has 4 nitrogen and oxygen atoms in total. The lowest BCUT2D eigenvalue weighted by Gasteiger charge is -2.14. The molecule has 1 rings (SSSR count). The second-order valence-corrected chi connectivity index (χ2v) is 3.76. The minimum atomic E-state index is -4.87. The normalized spacial score (nSPS) is 13.5. The molecule has 0 aliphatic carbocycles. The number of nitrogen functional groups attached to an aromatic ring is 1. The van der Waals surface area contributed by atoms with Crippen molar-refractivity contribution in [3.05, 3.63) is 23.8 Å². The Bertz CT molecular complexity index is 408. The van der Waals surface area contributed by atoms with E-state index >= 15 is 0 Å². The summed E-state index contributed by atoms with van der Waals surface area (Å²) in [6.07, 6.45) is -4.87. The zero-order valence-corrected chi connectivity index (χ0v) is 8.60. The Morgan fingerprint density at radius 1 is 1.44 bits per heavy atom. The fourth-order valence-electron chi connectivity index (χ4n) is 1.06. The fraction of sp³-hybridized carbons (Fsp3) is 0.250. The van der Waals surface area contributed by atoms with Crippen LogP contribution in [-0.4, -0.2) is 15.1 Å². The van der Waals surface area contributed by atoms with Crippen LogP contribution in [0.1, 0.15) is 5.56 Å². The van der Waals surface area contributed by atoms with E-state index in [1.54, 1.807) is 0 Å². The molecule has 0 aliphatic rings. The van der Waals surface area contributed by atoms with E-state index in [1.165, 1.54) is 6.07 Å². The van der Waals surface area contributed by atoms with Crippen molar-refractivity contribution >= 4 is 16.8 Å². The molecule has 8 heteroatoms. The lowest BCUT2D eigenvalue weighted by atomic mass is 10.2. The van der Waals surface area contributed by atoms with E-state index in [0.717, 1.165) is 12.1 Å². The molecule has 0 radical (unpaired) electrons. The van der Waals surface area contributed by atoms with Gasteiger partial charge in [0.15, 0.2) is 0 Å². The van der Waals surface area contributed by atoms with Gasteiger partial charge in [-0.25, -0.2) is 0 Å². The number of hydrogen-bond acceptors (Lipinski definition) is 4. The van der Waals surface area contributed by atoms with E-state index < -0.39 is 28.9 Å². The number of hydrogen-bond donors (Lipinski definition) is 1. The van der Waals surface area contributed by atoms with Crippen LogP contribution in [0.3, 0.4) is 0 Å². The minimum Gasteiger partial charge on any atom is -0.772 e. The van der Waals surface area contributed by atoms with Crippen LogP contribution >= 0.6 is 0 Å². The van der Waals surface area contributed by atoms with E-state index in [2.05, 4.69) is 4.74 Å². The van der Waals surface area contributed by atoms with E-state index in [4.69, 9.17) is 5.73 Å². The van der Waals surface area contributed by atoms with E-state index in [1.807, 2.05) is 0 Å². The fourth-order valence-corrected chi connectivity index (χ4v) is 1.54. The van der Waals surface area contributed by atoms with Gasteiger partial charge in [0, 0.05) is 17.0 Å². The zero-order valence-electron chi connectivity index (χ0n) is 7.78. The summed E-state index contributed by atoms with van der Waals surface area (Å²) >= 11 is -2.52. The number of ether oxygens (including phenoxy) is 1. The molecule has 0 fully saturated rings. The van der Waals surface area contributed by atoms with Gasteiger partial charge in [0.1, 0.15) is 5.75 Å². The summed E-state index contributed by atoms with van der Waals surface area (Å²) in [6.45, 7) is 0. The van der Waals surface area contributed by atoms with Crippen molar-refractivity contribution < 1.29 is 26.7 Å². The van der Waals surface area contributed by atoms with Crippen LogP contribution in [0.2, 0.25) is 0 Å². The van der Waals surface area contributed by atoms with Crippen LogP contribution in [0.5, 0.6) is 5.75 Å². The first-order valence-electron chi connectivity index (χ1n) is 3.98. The monoisotopic (exact) mass is 254 g/mol. The van der Waals surface area contributed by atoms with Crippen LogP contribution in [0, 0.1) is 0 Å². The SMILES string of the molecule is Nc1ccc(OC(F)(F)F)c(CS(=O)[O-])c1. The highest BCUT2D eigenvalue weighted by atomic mass is 32.2. The van der Waals surface area contributed by atoms with Crippen LogP contribution in [0.15, 0.2) is 18.2 Å².